The summed E-state index contributed by atoms with van der Waals surface area (Å²) in [5, 5.41) is 22.3. The van der Waals surface area contributed by atoms with Crippen molar-refractivity contribution in [2.45, 2.75) is 4.90 Å². The van der Waals surface area contributed by atoms with Crippen molar-refractivity contribution in [3.05, 3.63) is 60.4 Å². The van der Waals surface area contributed by atoms with Gasteiger partial charge in [-0.3, -0.25) is 4.79 Å². The van der Waals surface area contributed by atoms with E-state index in [1.54, 1.807) is 24.3 Å². The van der Waals surface area contributed by atoms with Crippen molar-refractivity contribution in [1.82, 2.24) is 24.5 Å². The van der Waals surface area contributed by atoms with Crippen molar-refractivity contribution in [3.8, 4) is 11.8 Å². The number of nitrogens with one attached hydrogen (secondary N) is 1. The lowest BCUT2D eigenvalue weighted by molar-refractivity contribution is -0.116. The number of anilines is 1. The highest BCUT2D eigenvalue weighted by Gasteiger charge is 2.23. The van der Waals surface area contributed by atoms with Crippen LogP contribution >= 0.6 is 0 Å². The molecular formula is C17H15N7O3S. The molecule has 1 N–H and O–H groups in total. The maximum atomic E-state index is 12.6. The molecular weight excluding hydrogens is 382 g/mol. The highest BCUT2D eigenvalue weighted by molar-refractivity contribution is 7.89. The van der Waals surface area contributed by atoms with E-state index in [0.29, 0.717) is 16.9 Å². The maximum Gasteiger partial charge on any atom is 0.243 e. The topological polar surface area (TPSA) is 134 Å². The highest BCUT2D eigenvalue weighted by Crippen LogP contribution is 2.16. The Kier molecular flexibility index (Phi) is 5.44. The van der Waals surface area contributed by atoms with Crippen LogP contribution in [0.15, 0.2) is 59.8 Å². The van der Waals surface area contributed by atoms with Gasteiger partial charge in [0, 0.05) is 12.7 Å². The van der Waals surface area contributed by atoms with Crippen LogP contribution in [0, 0.1) is 11.3 Å². The van der Waals surface area contributed by atoms with Gasteiger partial charge in [-0.25, -0.2) is 13.1 Å². The maximum absolute atomic E-state index is 12.6. The van der Waals surface area contributed by atoms with Gasteiger partial charge in [0.1, 0.15) is 6.33 Å². The predicted octanol–water partition coefficient (Wildman–Crippen LogP) is 0.793. The molecule has 0 unspecified atom stereocenters. The number of aromatic nitrogens is 4. The first-order valence-electron chi connectivity index (χ1n) is 8.00. The van der Waals surface area contributed by atoms with Gasteiger partial charge in [0.25, 0.3) is 0 Å². The number of nitrogens with zero attached hydrogens (tertiary/aromatic N) is 6. The molecule has 3 rings (SSSR count). The molecule has 28 heavy (non-hydrogen) atoms. The smallest absolute Gasteiger partial charge is 0.243 e. The van der Waals surface area contributed by atoms with Crippen LogP contribution in [0.2, 0.25) is 0 Å². The molecule has 3 aromatic rings. The normalized spacial score (nSPS) is 11.2. The lowest BCUT2D eigenvalue weighted by Crippen LogP contribution is -2.35. The predicted molar refractivity (Wildman–Crippen MR) is 98.8 cm³/mol. The Morgan fingerprint density at radius 2 is 2.00 bits per heavy atom. The summed E-state index contributed by atoms with van der Waals surface area (Å²) in [5.74, 6) is -0.506. The molecule has 0 saturated carbocycles. The molecule has 0 saturated heterocycles. The molecule has 0 bridgehead atoms. The van der Waals surface area contributed by atoms with Crippen molar-refractivity contribution in [1.29, 1.82) is 5.26 Å². The van der Waals surface area contributed by atoms with Gasteiger partial charge in [-0.15, -0.1) is 5.10 Å². The first kappa shape index (κ1) is 19.2. The summed E-state index contributed by atoms with van der Waals surface area (Å²) >= 11 is 0. The second kappa shape index (κ2) is 7.95. The molecule has 0 spiro atoms. The molecule has 10 nitrogen and oxygen atoms in total. The van der Waals surface area contributed by atoms with E-state index in [1.165, 1.54) is 42.3 Å². The van der Waals surface area contributed by atoms with E-state index in [0.717, 1.165) is 4.31 Å². The molecule has 0 atom stereocenters. The van der Waals surface area contributed by atoms with Gasteiger partial charge < -0.3 is 5.32 Å². The number of hydrogen-bond donors (Lipinski definition) is 1. The van der Waals surface area contributed by atoms with Crippen LogP contribution in [0.3, 0.4) is 0 Å². The van der Waals surface area contributed by atoms with Gasteiger partial charge in [0.15, 0.2) is 0 Å². The number of rotatable bonds is 6. The number of carbonyl (C=O) groups excluding carboxylic acids is 1. The SMILES string of the molecule is CN(CC(=O)Nc1cccc(-n2cnnn2)c1)S(=O)(=O)c1ccc(C#N)cc1. The Morgan fingerprint density at radius 1 is 1.25 bits per heavy atom. The monoisotopic (exact) mass is 397 g/mol. The molecule has 1 amide bonds. The molecule has 1 heterocycles. The van der Waals surface area contributed by atoms with Gasteiger partial charge in [-0.1, -0.05) is 6.07 Å². The Hall–Kier alpha value is -3.62. The Morgan fingerprint density at radius 3 is 2.64 bits per heavy atom. The molecule has 0 aliphatic heterocycles. The van der Waals surface area contributed by atoms with E-state index < -0.39 is 15.9 Å². The molecule has 0 aliphatic carbocycles. The summed E-state index contributed by atoms with van der Waals surface area (Å²) in [6.07, 6.45) is 1.42. The number of hydrogen-bond acceptors (Lipinski definition) is 7. The minimum Gasteiger partial charge on any atom is -0.325 e. The molecule has 2 aromatic carbocycles. The lowest BCUT2D eigenvalue weighted by atomic mass is 10.2. The zero-order chi connectivity index (χ0) is 20.1. The molecule has 11 heteroatoms. The third-order valence-corrected chi connectivity index (χ3v) is 5.62. The lowest BCUT2D eigenvalue weighted by Gasteiger charge is -2.17. The number of nitriles is 1. The fourth-order valence-electron chi connectivity index (χ4n) is 2.37. The zero-order valence-corrected chi connectivity index (χ0v) is 15.5. The summed E-state index contributed by atoms with van der Waals surface area (Å²) < 4.78 is 27.5. The van der Waals surface area contributed by atoms with Gasteiger partial charge in [-0.05, 0) is 52.9 Å². The fourth-order valence-corrected chi connectivity index (χ4v) is 3.50. The number of tetrazole rings is 1. The van der Waals surface area contributed by atoms with Crippen LogP contribution in [0.5, 0.6) is 0 Å². The minimum absolute atomic E-state index is 0.00230. The van der Waals surface area contributed by atoms with Crippen LogP contribution in [-0.2, 0) is 14.8 Å². The highest BCUT2D eigenvalue weighted by atomic mass is 32.2. The average molecular weight is 397 g/mol. The minimum atomic E-state index is -3.86. The van der Waals surface area contributed by atoms with E-state index in [-0.39, 0.29) is 11.4 Å². The van der Waals surface area contributed by atoms with Crippen LogP contribution < -0.4 is 5.32 Å². The third-order valence-electron chi connectivity index (χ3n) is 3.80. The summed E-state index contributed by atoms with van der Waals surface area (Å²) in [4.78, 5) is 12.3. The van der Waals surface area contributed by atoms with Crippen molar-refractivity contribution in [3.63, 3.8) is 0 Å². The third kappa shape index (κ3) is 4.20. The van der Waals surface area contributed by atoms with Gasteiger partial charge in [0.2, 0.25) is 15.9 Å². The van der Waals surface area contributed by atoms with E-state index in [1.807, 2.05) is 6.07 Å². The molecule has 0 fully saturated rings. The number of carbonyl (C=O) groups is 1. The van der Waals surface area contributed by atoms with Gasteiger partial charge in [0.05, 0.1) is 28.8 Å². The molecule has 1 aromatic heterocycles. The van der Waals surface area contributed by atoms with Crippen LogP contribution in [0.25, 0.3) is 5.69 Å². The number of amides is 1. The number of benzene rings is 2. The molecule has 0 radical (unpaired) electrons. The van der Waals surface area contributed by atoms with E-state index >= 15 is 0 Å². The van der Waals surface area contributed by atoms with Crippen molar-refractivity contribution in [2.75, 3.05) is 18.9 Å². The first-order valence-corrected chi connectivity index (χ1v) is 9.44. The summed E-state index contributed by atoms with van der Waals surface area (Å²) in [6, 6.07) is 14.2. The zero-order valence-electron chi connectivity index (χ0n) is 14.7. The fraction of sp³-hybridized carbons (Fsp3) is 0.118. The Bertz CT molecular complexity index is 1120. The van der Waals surface area contributed by atoms with E-state index in [2.05, 4.69) is 20.8 Å². The summed E-state index contributed by atoms with van der Waals surface area (Å²) in [7, 11) is -2.55. The van der Waals surface area contributed by atoms with Crippen LogP contribution in [0.1, 0.15) is 5.56 Å². The quantitative estimate of drug-likeness (QED) is 0.650. The summed E-state index contributed by atoms with van der Waals surface area (Å²) in [5.41, 5.74) is 1.46. The first-order chi connectivity index (χ1) is 13.4. The largest absolute Gasteiger partial charge is 0.325 e. The van der Waals surface area contributed by atoms with Crippen molar-refractivity contribution < 1.29 is 13.2 Å². The van der Waals surface area contributed by atoms with Crippen molar-refractivity contribution >= 4 is 21.6 Å². The van der Waals surface area contributed by atoms with Crippen LogP contribution in [0.4, 0.5) is 5.69 Å². The van der Waals surface area contributed by atoms with Gasteiger partial charge in [-0.2, -0.15) is 9.57 Å². The average Bonchev–Trinajstić information content (AvgIpc) is 3.23. The molecule has 0 aliphatic rings. The van der Waals surface area contributed by atoms with Gasteiger partial charge >= 0.3 is 0 Å². The second-order valence-electron chi connectivity index (χ2n) is 5.75. The Labute approximate surface area is 161 Å². The number of likely N-dealkylation sites (N-methyl/N-ethyl adjacent to an activating group) is 1. The Balaban J connectivity index is 1.69. The van der Waals surface area contributed by atoms with Crippen LogP contribution in [-0.4, -0.2) is 52.4 Å². The molecule has 142 valence electrons. The van der Waals surface area contributed by atoms with Crippen molar-refractivity contribution in [2.24, 2.45) is 0 Å². The van der Waals surface area contributed by atoms with E-state index in [4.69, 9.17) is 5.26 Å². The standard InChI is InChI=1S/C17H15N7O3S/c1-23(28(26,27)16-7-5-13(10-18)6-8-16)11-17(25)20-14-3-2-4-15(9-14)24-12-19-21-22-24/h2-9,12H,11H2,1H3,(H,20,25). The van der Waals surface area contributed by atoms with E-state index in [9.17, 15) is 13.2 Å². The second-order valence-corrected chi connectivity index (χ2v) is 7.80. The summed E-state index contributed by atoms with van der Waals surface area (Å²) in [6.45, 7) is -0.378. The number of sulfonamides is 1.